The van der Waals surface area contributed by atoms with Crippen molar-refractivity contribution in [2.75, 3.05) is 5.32 Å². The van der Waals surface area contributed by atoms with Gasteiger partial charge in [0.15, 0.2) is 5.13 Å². The molecule has 1 heterocycles. The van der Waals surface area contributed by atoms with Crippen molar-refractivity contribution >= 4 is 34.4 Å². The van der Waals surface area contributed by atoms with E-state index in [1.54, 1.807) is 0 Å². The van der Waals surface area contributed by atoms with Crippen molar-refractivity contribution in [2.24, 2.45) is 0 Å². The maximum Gasteiger partial charge on any atom is 0.347 e. The molecule has 1 atom stereocenters. The van der Waals surface area contributed by atoms with Crippen molar-refractivity contribution in [1.29, 1.82) is 0 Å². The second kappa shape index (κ2) is 6.14. The lowest BCUT2D eigenvalue weighted by Gasteiger charge is -2.11. The Morgan fingerprint density at radius 1 is 1.32 bits per heavy atom. The van der Waals surface area contributed by atoms with Crippen LogP contribution in [0.4, 0.5) is 5.13 Å². The Morgan fingerprint density at radius 2 is 1.95 bits per heavy atom. The Bertz CT molecular complexity index is 512. The summed E-state index contributed by atoms with van der Waals surface area (Å²) >= 11 is 0.815. The molecule has 1 aromatic heterocycles. The molecule has 0 aliphatic heterocycles. The summed E-state index contributed by atoms with van der Waals surface area (Å²) in [4.78, 5) is 36.1. The third-order valence-corrected chi connectivity index (χ3v) is 3.31. The molecule has 19 heavy (non-hydrogen) atoms. The van der Waals surface area contributed by atoms with Crippen LogP contribution in [0.2, 0.25) is 0 Å². The molecule has 4 N–H and O–H groups in total. The molecule has 0 spiro atoms. The van der Waals surface area contributed by atoms with E-state index in [1.807, 2.05) is 0 Å². The second-order valence-electron chi connectivity index (χ2n) is 3.71. The summed E-state index contributed by atoms with van der Waals surface area (Å²) in [5, 5.41) is 29.0. The number of carboxylic acids is 3. The van der Waals surface area contributed by atoms with Gasteiger partial charge in [-0.1, -0.05) is 11.3 Å². The Morgan fingerprint density at radius 3 is 2.37 bits per heavy atom. The molecule has 1 unspecified atom stereocenters. The lowest BCUT2D eigenvalue weighted by atomic mass is 10.1. The van der Waals surface area contributed by atoms with Crippen molar-refractivity contribution in [1.82, 2.24) is 4.98 Å². The molecule has 8 nitrogen and oxygen atoms in total. The van der Waals surface area contributed by atoms with E-state index in [1.165, 1.54) is 6.92 Å². The number of carbonyl (C=O) groups is 3. The molecular weight excluding hydrogens is 276 g/mol. The highest BCUT2D eigenvalue weighted by atomic mass is 32.1. The Hall–Kier alpha value is -2.16. The summed E-state index contributed by atoms with van der Waals surface area (Å²) < 4.78 is 0. The zero-order valence-electron chi connectivity index (χ0n) is 9.91. The summed E-state index contributed by atoms with van der Waals surface area (Å²) in [6, 6.07) is -1.12. The molecule has 9 heteroatoms. The molecule has 0 fully saturated rings. The zero-order chi connectivity index (χ0) is 14.6. The maximum atomic E-state index is 10.9. The van der Waals surface area contributed by atoms with Crippen molar-refractivity contribution < 1.29 is 29.7 Å². The number of aromatic nitrogens is 1. The smallest absolute Gasteiger partial charge is 0.347 e. The normalized spacial score (nSPS) is 11.8. The number of rotatable bonds is 7. The van der Waals surface area contributed by atoms with E-state index in [0.29, 0.717) is 0 Å². The van der Waals surface area contributed by atoms with Crippen molar-refractivity contribution in [3.8, 4) is 0 Å². The quantitative estimate of drug-likeness (QED) is 0.580. The summed E-state index contributed by atoms with van der Waals surface area (Å²) in [6.07, 6.45) is -0.425. The van der Waals surface area contributed by atoms with Gasteiger partial charge < -0.3 is 20.6 Å². The highest BCUT2D eigenvalue weighted by molar-refractivity contribution is 7.17. The van der Waals surface area contributed by atoms with Crippen molar-refractivity contribution in [3.05, 3.63) is 10.6 Å². The largest absolute Gasteiger partial charge is 0.481 e. The number of aromatic carboxylic acids is 1. The zero-order valence-corrected chi connectivity index (χ0v) is 10.7. The van der Waals surface area contributed by atoms with Gasteiger partial charge in [-0.2, -0.15) is 0 Å². The van der Waals surface area contributed by atoms with Crippen LogP contribution in [0.3, 0.4) is 0 Å². The molecule has 0 bridgehead atoms. The lowest BCUT2D eigenvalue weighted by molar-refractivity contribution is -0.139. The van der Waals surface area contributed by atoms with Crippen molar-refractivity contribution in [2.45, 2.75) is 25.8 Å². The van der Waals surface area contributed by atoms with E-state index in [-0.39, 0.29) is 28.5 Å². The fraction of sp³-hybridized carbons (Fsp3) is 0.400. The average Bonchev–Trinajstić information content (AvgIpc) is 2.65. The summed E-state index contributed by atoms with van der Waals surface area (Å²) in [6.45, 7) is 1.50. The lowest BCUT2D eigenvalue weighted by Crippen LogP contribution is -2.29. The van der Waals surface area contributed by atoms with Crippen LogP contribution in [-0.2, 0) is 9.59 Å². The third kappa shape index (κ3) is 4.21. The first-order chi connectivity index (χ1) is 8.81. The minimum Gasteiger partial charge on any atom is -0.481 e. The Kier molecular flexibility index (Phi) is 4.81. The SMILES string of the molecule is Cc1nc(NC(CCC(=O)O)C(=O)O)sc1C(=O)O. The summed E-state index contributed by atoms with van der Waals surface area (Å²) in [5.74, 6) is -3.46. The van der Waals surface area contributed by atoms with Gasteiger partial charge in [0.2, 0.25) is 0 Å². The van der Waals surface area contributed by atoms with Crippen LogP contribution in [0.5, 0.6) is 0 Å². The molecule has 0 aromatic carbocycles. The van der Waals surface area contributed by atoms with Gasteiger partial charge in [0.05, 0.1) is 5.69 Å². The summed E-state index contributed by atoms with van der Waals surface area (Å²) in [7, 11) is 0. The van der Waals surface area contributed by atoms with Gasteiger partial charge >= 0.3 is 17.9 Å². The maximum absolute atomic E-state index is 10.9. The number of hydrogen-bond acceptors (Lipinski definition) is 6. The molecule has 1 aromatic rings. The van der Waals surface area contributed by atoms with E-state index in [4.69, 9.17) is 15.3 Å². The van der Waals surface area contributed by atoms with Crippen LogP contribution in [0, 0.1) is 6.92 Å². The van der Waals surface area contributed by atoms with Gasteiger partial charge in [-0.25, -0.2) is 14.6 Å². The molecule has 0 aliphatic carbocycles. The van der Waals surface area contributed by atoms with Gasteiger partial charge in [0, 0.05) is 6.42 Å². The number of thiazole rings is 1. The Labute approximate surface area is 111 Å². The van der Waals surface area contributed by atoms with Crippen LogP contribution >= 0.6 is 11.3 Å². The summed E-state index contributed by atoms with van der Waals surface area (Å²) in [5.41, 5.74) is 0.280. The molecule has 104 valence electrons. The monoisotopic (exact) mass is 288 g/mol. The van der Waals surface area contributed by atoms with Gasteiger partial charge in [0.1, 0.15) is 10.9 Å². The highest BCUT2D eigenvalue weighted by Gasteiger charge is 2.21. The van der Waals surface area contributed by atoms with E-state index in [9.17, 15) is 14.4 Å². The average molecular weight is 288 g/mol. The van der Waals surface area contributed by atoms with Crippen LogP contribution < -0.4 is 5.32 Å². The van der Waals surface area contributed by atoms with Crippen LogP contribution in [0.15, 0.2) is 0 Å². The highest BCUT2D eigenvalue weighted by Crippen LogP contribution is 2.23. The number of carboxylic acid groups (broad SMARTS) is 3. The van der Waals surface area contributed by atoms with Crippen LogP contribution in [0.25, 0.3) is 0 Å². The predicted molar refractivity (Wildman–Crippen MR) is 65.7 cm³/mol. The molecule has 0 amide bonds. The van der Waals surface area contributed by atoms with Crippen LogP contribution in [-0.4, -0.2) is 44.3 Å². The number of nitrogens with one attached hydrogen (secondary N) is 1. The van der Waals surface area contributed by atoms with Gasteiger partial charge in [-0.05, 0) is 13.3 Å². The fourth-order valence-corrected chi connectivity index (χ4v) is 2.19. The first-order valence-corrected chi connectivity index (χ1v) is 6.04. The fourth-order valence-electron chi connectivity index (χ4n) is 1.33. The first kappa shape index (κ1) is 14.9. The van der Waals surface area contributed by atoms with Gasteiger partial charge in [-0.15, -0.1) is 0 Å². The third-order valence-electron chi connectivity index (χ3n) is 2.23. The van der Waals surface area contributed by atoms with Gasteiger partial charge in [0.25, 0.3) is 0 Å². The van der Waals surface area contributed by atoms with Crippen LogP contribution in [0.1, 0.15) is 28.2 Å². The van der Waals surface area contributed by atoms with E-state index in [0.717, 1.165) is 11.3 Å². The first-order valence-electron chi connectivity index (χ1n) is 5.23. The molecular formula is C10H12N2O6S. The number of anilines is 1. The van der Waals surface area contributed by atoms with Gasteiger partial charge in [-0.3, -0.25) is 4.79 Å². The predicted octanol–water partition coefficient (Wildman–Crippen LogP) is 0.880. The molecule has 1 rings (SSSR count). The number of aryl methyl sites for hydroxylation is 1. The molecule has 0 radical (unpaired) electrons. The van der Waals surface area contributed by atoms with Crippen molar-refractivity contribution in [3.63, 3.8) is 0 Å². The van der Waals surface area contributed by atoms with E-state index in [2.05, 4.69) is 10.3 Å². The second-order valence-corrected chi connectivity index (χ2v) is 4.71. The Balaban J connectivity index is 2.79. The standard InChI is InChI=1S/C10H12N2O6S/c1-4-7(9(17)18)19-10(11-4)12-5(8(15)16)2-3-6(13)14/h5H,2-3H2,1H3,(H,11,12)(H,13,14)(H,15,16)(H,17,18). The minimum atomic E-state index is -1.22. The molecule has 0 saturated carbocycles. The number of aliphatic carboxylic acids is 2. The number of nitrogens with zero attached hydrogens (tertiary/aromatic N) is 1. The van der Waals surface area contributed by atoms with E-state index < -0.39 is 23.9 Å². The molecule has 0 saturated heterocycles. The topological polar surface area (TPSA) is 137 Å². The molecule has 0 aliphatic rings. The minimum absolute atomic E-state index is 0.0184. The van der Waals surface area contributed by atoms with E-state index >= 15 is 0 Å². The number of hydrogen-bond donors (Lipinski definition) is 4.